The number of imidazole rings is 1. The minimum atomic E-state index is -0.472. The number of esters is 1. The third kappa shape index (κ3) is 3.41. The van der Waals surface area contributed by atoms with E-state index >= 15 is 0 Å². The SMILES string of the molecule is CCOC(=O)c1c(-c2ccccc2)oc2ccc(Oc3c(NO)ncn3C)cc12. The van der Waals surface area contributed by atoms with Crippen LogP contribution in [0.3, 0.4) is 0 Å². The zero-order chi connectivity index (χ0) is 20.4. The van der Waals surface area contributed by atoms with E-state index in [-0.39, 0.29) is 12.4 Å². The molecule has 2 aromatic heterocycles. The first-order valence-corrected chi connectivity index (χ1v) is 9.00. The number of nitrogens with zero attached hydrogens (tertiary/aromatic N) is 2. The number of aromatic nitrogens is 2. The van der Waals surface area contributed by atoms with E-state index in [1.165, 1.54) is 6.33 Å². The van der Waals surface area contributed by atoms with E-state index in [2.05, 4.69) is 4.98 Å². The van der Waals surface area contributed by atoms with Crippen LogP contribution in [0.4, 0.5) is 5.82 Å². The summed E-state index contributed by atoms with van der Waals surface area (Å²) in [7, 11) is 1.73. The number of benzene rings is 2. The molecule has 2 heterocycles. The Hall–Kier alpha value is -3.78. The molecule has 0 radical (unpaired) electrons. The molecular weight excluding hydrogens is 374 g/mol. The van der Waals surface area contributed by atoms with Gasteiger partial charge in [-0.25, -0.2) is 15.3 Å². The Morgan fingerprint density at radius 2 is 2.03 bits per heavy atom. The van der Waals surface area contributed by atoms with E-state index in [0.717, 1.165) is 5.56 Å². The molecule has 0 aliphatic rings. The van der Waals surface area contributed by atoms with Crippen LogP contribution in [0.15, 0.2) is 59.3 Å². The third-order valence-electron chi connectivity index (χ3n) is 4.38. The zero-order valence-electron chi connectivity index (χ0n) is 15.9. The van der Waals surface area contributed by atoms with Crippen LogP contribution in [0.5, 0.6) is 11.6 Å². The summed E-state index contributed by atoms with van der Waals surface area (Å²) in [5.41, 5.74) is 3.64. The Labute approximate surface area is 166 Å². The predicted octanol–water partition coefficient (Wildman–Crippen LogP) is 4.60. The topological polar surface area (TPSA) is 98.8 Å². The Morgan fingerprint density at radius 1 is 1.24 bits per heavy atom. The molecule has 2 aromatic carbocycles. The van der Waals surface area contributed by atoms with E-state index in [4.69, 9.17) is 13.9 Å². The maximum absolute atomic E-state index is 12.7. The average molecular weight is 393 g/mol. The predicted molar refractivity (Wildman–Crippen MR) is 106 cm³/mol. The molecule has 0 bridgehead atoms. The van der Waals surface area contributed by atoms with Gasteiger partial charge in [0.15, 0.2) is 0 Å². The fourth-order valence-corrected chi connectivity index (χ4v) is 3.07. The highest BCUT2D eigenvalue weighted by Gasteiger charge is 2.24. The fourth-order valence-electron chi connectivity index (χ4n) is 3.07. The molecule has 0 saturated heterocycles. The van der Waals surface area contributed by atoms with Gasteiger partial charge in [-0.15, -0.1) is 0 Å². The minimum Gasteiger partial charge on any atom is -0.462 e. The number of carbonyl (C=O) groups excluding carboxylic acids is 1. The fraction of sp³-hybridized carbons (Fsp3) is 0.143. The van der Waals surface area contributed by atoms with Crippen molar-refractivity contribution in [2.45, 2.75) is 6.92 Å². The second-order valence-electron chi connectivity index (χ2n) is 6.27. The van der Waals surface area contributed by atoms with Crippen molar-refractivity contribution < 1.29 is 23.9 Å². The zero-order valence-corrected chi connectivity index (χ0v) is 15.9. The van der Waals surface area contributed by atoms with E-state index in [0.29, 0.717) is 33.9 Å². The quantitative estimate of drug-likeness (QED) is 0.365. The van der Waals surface area contributed by atoms with Crippen molar-refractivity contribution in [1.82, 2.24) is 9.55 Å². The molecule has 0 aliphatic carbocycles. The summed E-state index contributed by atoms with van der Waals surface area (Å²) in [5, 5.41) is 9.77. The summed E-state index contributed by atoms with van der Waals surface area (Å²) in [4.78, 5) is 16.7. The number of fused-ring (bicyclic) bond motifs is 1. The van der Waals surface area contributed by atoms with Crippen molar-refractivity contribution in [3.8, 4) is 23.0 Å². The molecule has 4 aromatic rings. The maximum Gasteiger partial charge on any atom is 0.342 e. The summed E-state index contributed by atoms with van der Waals surface area (Å²) >= 11 is 0. The van der Waals surface area contributed by atoms with Gasteiger partial charge in [-0.2, -0.15) is 0 Å². The number of anilines is 1. The highest BCUT2D eigenvalue weighted by atomic mass is 16.5. The van der Waals surface area contributed by atoms with Crippen LogP contribution in [-0.2, 0) is 11.8 Å². The molecule has 148 valence electrons. The van der Waals surface area contributed by atoms with Gasteiger partial charge in [0.25, 0.3) is 0 Å². The van der Waals surface area contributed by atoms with Crippen LogP contribution in [0, 0.1) is 0 Å². The van der Waals surface area contributed by atoms with Gasteiger partial charge in [-0.05, 0) is 25.1 Å². The number of carbonyl (C=O) groups is 1. The molecule has 4 rings (SSSR count). The largest absolute Gasteiger partial charge is 0.462 e. The summed E-state index contributed by atoms with van der Waals surface area (Å²) in [6.07, 6.45) is 1.50. The Balaban J connectivity index is 1.84. The van der Waals surface area contributed by atoms with Gasteiger partial charge in [0, 0.05) is 18.0 Å². The number of aryl methyl sites for hydroxylation is 1. The van der Waals surface area contributed by atoms with E-state index in [9.17, 15) is 10.0 Å². The summed E-state index contributed by atoms with van der Waals surface area (Å²) in [6, 6.07) is 14.5. The van der Waals surface area contributed by atoms with E-state index in [1.807, 2.05) is 35.8 Å². The lowest BCUT2D eigenvalue weighted by Gasteiger charge is -2.08. The number of rotatable bonds is 6. The maximum atomic E-state index is 12.7. The Kier molecular flexibility index (Phi) is 4.92. The van der Waals surface area contributed by atoms with Crippen molar-refractivity contribution in [2.24, 2.45) is 7.05 Å². The first-order valence-electron chi connectivity index (χ1n) is 9.00. The van der Waals surface area contributed by atoms with Crippen molar-refractivity contribution >= 4 is 22.8 Å². The molecule has 0 aliphatic heterocycles. The number of ether oxygens (including phenoxy) is 2. The normalized spacial score (nSPS) is 10.9. The van der Waals surface area contributed by atoms with Gasteiger partial charge in [-0.1, -0.05) is 30.3 Å². The molecule has 0 saturated carbocycles. The lowest BCUT2D eigenvalue weighted by molar-refractivity contribution is 0.0528. The van der Waals surface area contributed by atoms with E-state index < -0.39 is 5.97 Å². The standard InChI is InChI=1S/C21H19N3O5/c1-3-27-21(25)17-15-11-14(28-20-19(23-26)22-12-24(20)2)9-10-16(15)29-18(17)13-7-5-4-6-8-13/h4-12,23,26H,3H2,1-2H3. The van der Waals surface area contributed by atoms with Crippen LogP contribution in [0.25, 0.3) is 22.3 Å². The summed E-state index contributed by atoms with van der Waals surface area (Å²) < 4.78 is 18.7. The second-order valence-corrected chi connectivity index (χ2v) is 6.27. The molecule has 0 unspecified atom stereocenters. The molecule has 0 amide bonds. The average Bonchev–Trinajstić information content (AvgIpc) is 3.29. The van der Waals surface area contributed by atoms with Gasteiger partial charge in [0.05, 0.1) is 12.9 Å². The Morgan fingerprint density at radius 3 is 2.76 bits per heavy atom. The molecule has 29 heavy (non-hydrogen) atoms. The second kappa shape index (κ2) is 7.69. The van der Waals surface area contributed by atoms with Crippen molar-refractivity contribution in [3.63, 3.8) is 0 Å². The van der Waals surface area contributed by atoms with Crippen LogP contribution in [0.2, 0.25) is 0 Å². The molecule has 0 fully saturated rings. The summed E-state index contributed by atoms with van der Waals surface area (Å²) in [5.74, 6) is 0.908. The first-order chi connectivity index (χ1) is 14.1. The number of nitrogens with one attached hydrogen (secondary N) is 1. The monoisotopic (exact) mass is 393 g/mol. The molecule has 8 heteroatoms. The van der Waals surface area contributed by atoms with Crippen LogP contribution < -0.4 is 10.2 Å². The van der Waals surface area contributed by atoms with Crippen molar-refractivity contribution in [3.05, 3.63) is 60.4 Å². The molecule has 0 atom stereocenters. The van der Waals surface area contributed by atoms with Gasteiger partial charge in [-0.3, -0.25) is 5.21 Å². The van der Waals surface area contributed by atoms with Crippen molar-refractivity contribution in [1.29, 1.82) is 0 Å². The number of hydrogen-bond acceptors (Lipinski definition) is 7. The number of furan rings is 1. The summed E-state index contributed by atoms with van der Waals surface area (Å²) in [6.45, 7) is 2.00. The van der Waals surface area contributed by atoms with Gasteiger partial charge < -0.3 is 18.5 Å². The van der Waals surface area contributed by atoms with Gasteiger partial charge >= 0.3 is 5.97 Å². The Bertz CT molecular complexity index is 1160. The molecular formula is C21H19N3O5. The lowest BCUT2D eigenvalue weighted by Crippen LogP contribution is -2.05. The minimum absolute atomic E-state index is 0.176. The van der Waals surface area contributed by atoms with E-state index in [1.54, 1.807) is 36.7 Å². The lowest BCUT2D eigenvalue weighted by atomic mass is 10.1. The highest BCUT2D eigenvalue weighted by Crippen LogP contribution is 2.37. The third-order valence-corrected chi connectivity index (χ3v) is 4.38. The smallest absolute Gasteiger partial charge is 0.342 e. The van der Waals surface area contributed by atoms with Crippen LogP contribution in [0.1, 0.15) is 17.3 Å². The van der Waals surface area contributed by atoms with Gasteiger partial charge in [0.2, 0.25) is 11.7 Å². The highest BCUT2D eigenvalue weighted by molar-refractivity contribution is 6.09. The molecule has 0 spiro atoms. The first kappa shape index (κ1) is 18.6. The molecule has 2 N–H and O–H groups in total. The number of hydrogen-bond donors (Lipinski definition) is 2. The van der Waals surface area contributed by atoms with Crippen LogP contribution in [-0.4, -0.2) is 27.3 Å². The van der Waals surface area contributed by atoms with Crippen LogP contribution >= 0.6 is 0 Å². The molecule has 8 nitrogen and oxygen atoms in total. The van der Waals surface area contributed by atoms with Gasteiger partial charge in [0.1, 0.15) is 22.7 Å². The van der Waals surface area contributed by atoms with Crippen molar-refractivity contribution in [2.75, 3.05) is 12.1 Å².